The number of anilines is 1. The fraction of sp³-hybridized carbons (Fsp3) is 0.130. The number of rotatable bonds is 18. The number of halogens is 1. The molecule has 8 aromatic rings. The summed E-state index contributed by atoms with van der Waals surface area (Å²) in [4.78, 5) is 56.0. The van der Waals surface area contributed by atoms with Gasteiger partial charge in [0.2, 0.25) is 5.60 Å². The molecule has 4 heterocycles. The second kappa shape index (κ2) is 21.5. The van der Waals surface area contributed by atoms with Crippen LogP contribution in [0.4, 0.5) is 5.13 Å². The Balaban J connectivity index is 1.03. The number of hydrogen-bond acceptors (Lipinski definition) is 14. The van der Waals surface area contributed by atoms with Gasteiger partial charge in [0.15, 0.2) is 15.2 Å². The van der Waals surface area contributed by atoms with E-state index in [2.05, 4.69) is 57.2 Å². The summed E-state index contributed by atoms with van der Waals surface area (Å²) in [5.74, 6) is -1.89. The molecule has 2 aromatic heterocycles. The molecule has 10 rings (SSSR count). The molecule has 1 saturated heterocycles. The third-order valence-electron chi connectivity index (χ3n) is 12.2. The molecule has 0 aliphatic carbocycles. The van der Waals surface area contributed by atoms with Gasteiger partial charge < -0.3 is 19.7 Å². The molecule has 2 unspecified atom stereocenters. The molecule has 0 spiro atoms. The summed E-state index contributed by atoms with van der Waals surface area (Å²) in [6, 6.07) is 57.5. The minimum absolute atomic E-state index is 0.0303. The van der Waals surface area contributed by atoms with Gasteiger partial charge in [-0.25, -0.2) is 9.78 Å². The van der Waals surface area contributed by atoms with Gasteiger partial charge in [0.1, 0.15) is 32.8 Å². The number of benzene rings is 6. The lowest BCUT2D eigenvalue weighted by atomic mass is 9.77. The van der Waals surface area contributed by atoms with Crippen molar-refractivity contribution in [3.8, 4) is 0 Å². The highest BCUT2D eigenvalue weighted by atomic mass is 35.5. The van der Waals surface area contributed by atoms with Crippen LogP contribution in [0, 0.1) is 0 Å². The molecule has 0 bridgehead atoms. The van der Waals surface area contributed by atoms with Crippen LogP contribution in [0.15, 0.2) is 209 Å². The molecule has 2 N–H and O–H groups in total. The lowest BCUT2D eigenvalue weighted by molar-refractivity contribution is -0.154. The van der Waals surface area contributed by atoms with Gasteiger partial charge in [0.05, 0.1) is 23.2 Å². The Morgan fingerprint density at radius 2 is 1.25 bits per heavy atom. The van der Waals surface area contributed by atoms with Gasteiger partial charge in [-0.1, -0.05) is 239 Å². The van der Waals surface area contributed by atoms with Crippen molar-refractivity contribution in [2.75, 3.05) is 10.4 Å². The highest BCUT2D eigenvalue weighted by Gasteiger charge is 2.53. The number of thioether (sulfide) groups is 1. The third-order valence-corrected chi connectivity index (χ3v) is 16.0. The van der Waals surface area contributed by atoms with E-state index in [4.69, 9.17) is 30.8 Å². The van der Waals surface area contributed by atoms with E-state index in [0.29, 0.717) is 23.1 Å². The monoisotopic (exact) mass is 1030 g/mol. The molecule has 0 saturated carbocycles. The lowest BCUT2D eigenvalue weighted by Gasteiger charge is -2.49. The van der Waals surface area contributed by atoms with Crippen molar-refractivity contribution >= 4 is 86.7 Å². The Morgan fingerprint density at radius 1 is 0.746 bits per heavy atom. The number of carbonyl (C=O) groups excluding carboxylic acids is 3. The van der Waals surface area contributed by atoms with E-state index in [1.54, 1.807) is 11.6 Å². The highest BCUT2D eigenvalue weighted by molar-refractivity contribution is 8.14. The Morgan fingerprint density at radius 3 is 1.75 bits per heavy atom. The molecular weight excluding hydrogens is 990 g/mol. The predicted molar refractivity (Wildman–Crippen MR) is 281 cm³/mol. The second-order valence-electron chi connectivity index (χ2n) is 16.3. The van der Waals surface area contributed by atoms with E-state index in [0.717, 1.165) is 61.1 Å². The normalized spacial score (nSPS) is 15.7. The first-order valence-electron chi connectivity index (χ1n) is 22.5. The fourth-order valence-electron chi connectivity index (χ4n) is 9.02. The summed E-state index contributed by atoms with van der Waals surface area (Å²) in [5, 5.41) is 20.1. The minimum atomic E-state index is -1.39. The molecule has 0 radical (unpaired) electrons. The topological polar surface area (TPSA) is 148 Å². The molecular formula is C54H42ClN7O5S4. The number of hydrogen-bond donors (Lipinski definition) is 2. The first kappa shape index (κ1) is 47.6. The Labute approximate surface area is 431 Å². The number of fused-ring (bicyclic) bond motifs is 1. The van der Waals surface area contributed by atoms with Crippen LogP contribution in [0.2, 0.25) is 4.34 Å². The zero-order valence-electron chi connectivity index (χ0n) is 37.5. The van der Waals surface area contributed by atoms with Gasteiger partial charge in [0.25, 0.3) is 11.8 Å². The molecule has 2 aliphatic heterocycles. The van der Waals surface area contributed by atoms with E-state index in [-0.39, 0.29) is 21.4 Å². The first-order valence-corrected chi connectivity index (χ1v) is 26.4. The van der Waals surface area contributed by atoms with Gasteiger partial charge in [0, 0.05) is 16.7 Å². The van der Waals surface area contributed by atoms with Crippen molar-refractivity contribution in [1.82, 2.24) is 25.4 Å². The average molecular weight is 1030 g/mol. The number of aromatic nitrogens is 3. The largest absolute Gasteiger partial charge is 0.386 e. The van der Waals surface area contributed by atoms with E-state index in [9.17, 15) is 9.59 Å². The van der Waals surface area contributed by atoms with Crippen LogP contribution in [0.5, 0.6) is 0 Å². The van der Waals surface area contributed by atoms with E-state index in [1.807, 2.05) is 146 Å². The molecule has 17 heteroatoms. The number of β-lactam (4-membered cyclic amide) rings is 1. The molecule has 1 fully saturated rings. The SMILES string of the molecule is O=C(NC1C(=O)N2C(C(=O)OSCSc3nncs3)=CCCC12)C(=NOC(c1ccccc1)(c1ccccc1)c1ccccc1)c1nc(NC(c2ccccc2)(c2ccccc2)c2ccccc2)sc1Cl. The van der Waals surface area contributed by atoms with Crippen molar-refractivity contribution in [3.63, 3.8) is 0 Å². The Bertz CT molecular complexity index is 2980. The van der Waals surface area contributed by atoms with Crippen molar-refractivity contribution in [2.45, 2.75) is 40.4 Å². The lowest BCUT2D eigenvalue weighted by Crippen LogP contribution is -2.71. The molecule has 6 aromatic carbocycles. The quantitative estimate of drug-likeness (QED) is 0.0124. The highest BCUT2D eigenvalue weighted by Crippen LogP contribution is 2.44. The molecule has 2 atom stereocenters. The van der Waals surface area contributed by atoms with E-state index < -0.39 is 41.0 Å². The van der Waals surface area contributed by atoms with Crippen molar-refractivity contribution < 1.29 is 23.4 Å². The average Bonchev–Trinajstić information content (AvgIpc) is 4.09. The van der Waals surface area contributed by atoms with E-state index in [1.165, 1.54) is 28.0 Å². The van der Waals surface area contributed by atoms with Crippen molar-refractivity contribution in [1.29, 1.82) is 0 Å². The van der Waals surface area contributed by atoms with Gasteiger partial charge in [-0.15, -0.1) is 10.2 Å². The predicted octanol–water partition coefficient (Wildman–Crippen LogP) is 11.1. The van der Waals surface area contributed by atoms with Crippen molar-refractivity contribution in [3.05, 3.63) is 243 Å². The zero-order chi connectivity index (χ0) is 48.6. The summed E-state index contributed by atoms with van der Waals surface area (Å²) >= 11 is 12.1. The molecule has 2 aliphatic rings. The Kier molecular flexibility index (Phi) is 14.4. The van der Waals surface area contributed by atoms with Gasteiger partial charge in [-0.05, 0) is 29.5 Å². The summed E-state index contributed by atoms with van der Waals surface area (Å²) < 4.78 is 6.39. The van der Waals surface area contributed by atoms with Crippen LogP contribution in [0.25, 0.3) is 0 Å². The van der Waals surface area contributed by atoms with Gasteiger partial charge >= 0.3 is 5.97 Å². The van der Waals surface area contributed by atoms with Crippen LogP contribution in [-0.2, 0) is 34.5 Å². The van der Waals surface area contributed by atoms with Crippen molar-refractivity contribution in [2.24, 2.45) is 5.16 Å². The number of nitrogens with zero attached hydrogens (tertiary/aromatic N) is 5. The maximum absolute atomic E-state index is 15.2. The van der Waals surface area contributed by atoms with E-state index >= 15 is 4.79 Å². The van der Waals surface area contributed by atoms with Crippen LogP contribution in [0.3, 0.4) is 0 Å². The number of allylic oxidation sites excluding steroid dienone is 1. The summed E-state index contributed by atoms with van der Waals surface area (Å²) in [6.07, 6.45) is 2.65. The molecule has 71 heavy (non-hydrogen) atoms. The number of carbonyl (C=O) groups is 3. The molecule has 2 amide bonds. The summed E-state index contributed by atoms with van der Waals surface area (Å²) in [5.41, 5.74) is 4.16. The smallest absolute Gasteiger partial charge is 0.366 e. The van der Waals surface area contributed by atoms with Gasteiger partial charge in [-0.2, -0.15) is 0 Å². The summed E-state index contributed by atoms with van der Waals surface area (Å²) in [7, 11) is 0. The molecule has 12 nitrogen and oxygen atoms in total. The number of nitrogens with one attached hydrogen (secondary N) is 2. The maximum Gasteiger partial charge on any atom is 0.366 e. The second-order valence-corrected chi connectivity index (χ2v) is 21.0. The molecule has 354 valence electrons. The van der Waals surface area contributed by atoms with Crippen LogP contribution < -0.4 is 10.6 Å². The van der Waals surface area contributed by atoms with Gasteiger partial charge in [-0.3, -0.25) is 14.5 Å². The van der Waals surface area contributed by atoms with Crippen LogP contribution in [0.1, 0.15) is 51.9 Å². The fourth-order valence-corrected chi connectivity index (χ4v) is 12.3. The first-order chi connectivity index (χ1) is 34.9. The maximum atomic E-state index is 15.2. The number of amides is 2. The third kappa shape index (κ3) is 9.61. The zero-order valence-corrected chi connectivity index (χ0v) is 41.6. The standard InChI is InChI=1S/C54H42ClN7O5S4/c55-47-45(58-51(71-47)59-53(36-20-7-1-8-21-36,37-22-9-2-10-23-37)38-24-11-3-12-25-38)46(61-67-54(39-26-13-4-14-27-39,40-28-15-5-16-29-40)41-30-17-6-18-31-41)48(63)57-44-42-32-19-33-43(62(42)49(44)64)50(65)66-70-35-69-52-60-56-34-68-52/h1-18,20-31,33-34,42,44H,19,32,35H2,(H,57,63)(H,58,59). The minimum Gasteiger partial charge on any atom is -0.386 e. The van der Waals surface area contributed by atoms with Crippen LogP contribution >= 0.6 is 58.1 Å². The summed E-state index contributed by atoms with van der Waals surface area (Å²) in [6.45, 7) is 0. The van der Waals surface area contributed by atoms with Crippen LogP contribution in [-0.4, -0.2) is 60.7 Å². The Hall–Kier alpha value is -7.08. The number of thiazole rings is 1. The number of oxime groups is 1.